The first kappa shape index (κ1) is 21.4. The van der Waals surface area contributed by atoms with E-state index in [4.69, 9.17) is 10.00 Å². The van der Waals surface area contributed by atoms with E-state index in [1.54, 1.807) is 36.4 Å². The van der Waals surface area contributed by atoms with E-state index < -0.39 is 5.91 Å². The molecule has 0 heterocycles. The van der Waals surface area contributed by atoms with Crippen molar-refractivity contribution in [3.05, 3.63) is 107 Å². The Morgan fingerprint density at radius 3 is 2.55 bits per heavy atom. The van der Waals surface area contributed by atoms with Gasteiger partial charge in [0, 0.05) is 0 Å². The highest BCUT2D eigenvalue weighted by molar-refractivity contribution is 6.01. The van der Waals surface area contributed by atoms with Gasteiger partial charge in [-0.3, -0.25) is 4.79 Å². The molecule has 0 aliphatic carbocycles. The normalized spacial score (nSPS) is 11.6. The predicted molar refractivity (Wildman–Crippen MR) is 119 cm³/mol. The summed E-state index contributed by atoms with van der Waals surface area (Å²) < 4.78 is 5.81. The molecule has 0 aliphatic rings. The summed E-state index contributed by atoms with van der Waals surface area (Å²) in [5.41, 5.74) is 3.12. The minimum Gasteiger partial charge on any atom is -0.489 e. The van der Waals surface area contributed by atoms with Gasteiger partial charge in [-0.25, -0.2) is 0 Å². The largest absolute Gasteiger partial charge is 0.489 e. The summed E-state index contributed by atoms with van der Waals surface area (Å²) in [6.07, 6.45) is 1.54. The Morgan fingerprint density at radius 1 is 1.03 bits per heavy atom. The van der Waals surface area contributed by atoms with E-state index in [2.05, 4.69) is 11.4 Å². The molecule has 5 heteroatoms. The molecule has 0 spiro atoms. The van der Waals surface area contributed by atoms with Crippen molar-refractivity contribution in [3.63, 3.8) is 0 Å². The minimum atomic E-state index is -0.432. The molecule has 5 nitrogen and oxygen atoms in total. The number of hydrogen-bond acceptors (Lipinski definition) is 4. The van der Waals surface area contributed by atoms with Crippen LogP contribution in [0.15, 0.2) is 84.4 Å². The molecule has 1 amide bonds. The smallest absolute Gasteiger partial charge is 0.262 e. The summed E-state index contributed by atoms with van der Waals surface area (Å²) in [5, 5.41) is 21.3. The van der Waals surface area contributed by atoms with Crippen LogP contribution in [0.4, 0.5) is 0 Å². The molecule has 3 aromatic rings. The first-order valence-corrected chi connectivity index (χ1v) is 9.78. The van der Waals surface area contributed by atoms with Crippen LogP contribution in [-0.2, 0) is 11.4 Å². The average Bonchev–Trinajstić information content (AvgIpc) is 2.82. The summed E-state index contributed by atoms with van der Waals surface area (Å²) in [6, 6.07) is 27.8. The zero-order chi connectivity index (χ0) is 22.1. The molecule has 0 radical (unpaired) electrons. The van der Waals surface area contributed by atoms with Crippen molar-refractivity contribution in [2.24, 2.45) is 0 Å². The Balaban J connectivity index is 1.69. The zero-order valence-electron chi connectivity index (χ0n) is 17.1. The Hall–Kier alpha value is -4.35. The van der Waals surface area contributed by atoms with E-state index in [-0.39, 0.29) is 11.6 Å². The van der Waals surface area contributed by atoms with Crippen molar-refractivity contribution >= 4 is 12.0 Å². The highest BCUT2D eigenvalue weighted by Gasteiger charge is 2.13. The third-order valence-corrected chi connectivity index (χ3v) is 4.64. The van der Waals surface area contributed by atoms with Crippen LogP contribution >= 0.6 is 0 Å². The second kappa shape index (κ2) is 10.4. The van der Waals surface area contributed by atoms with E-state index in [1.807, 2.05) is 55.5 Å². The SMILES string of the molecule is CC(NC(=O)/C(C#N)=C/c1cccc(OCc2cccc(C#N)c2)c1)c1ccccc1. The molecule has 152 valence electrons. The Bertz CT molecular complexity index is 1170. The van der Waals surface area contributed by atoms with E-state index in [9.17, 15) is 10.1 Å². The van der Waals surface area contributed by atoms with Crippen LogP contribution in [0.3, 0.4) is 0 Å². The van der Waals surface area contributed by atoms with E-state index >= 15 is 0 Å². The lowest BCUT2D eigenvalue weighted by molar-refractivity contribution is -0.117. The van der Waals surface area contributed by atoms with Crippen molar-refractivity contribution in [3.8, 4) is 17.9 Å². The van der Waals surface area contributed by atoms with Crippen molar-refractivity contribution in [1.29, 1.82) is 10.5 Å². The molecule has 1 unspecified atom stereocenters. The first-order valence-electron chi connectivity index (χ1n) is 9.78. The maximum atomic E-state index is 12.6. The number of nitrogens with one attached hydrogen (secondary N) is 1. The van der Waals surface area contributed by atoms with Gasteiger partial charge >= 0.3 is 0 Å². The lowest BCUT2D eigenvalue weighted by Crippen LogP contribution is -2.27. The third-order valence-electron chi connectivity index (χ3n) is 4.64. The number of nitriles is 2. The van der Waals surface area contributed by atoms with Gasteiger partial charge in [-0.1, -0.05) is 54.6 Å². The highest BCUT2D eigenvalue weighted by Crippen LogP contribution is 2.18. The maximum Gasteiger partial charge on any atom is 0.262 e. The number of rotatable bonds is 7. The van der Waals surface area contributed by atoms with E-state index in [0.29, 0.717) is 23.5 Å². The second-order valence-corrected chi connectivity index (χ2v) is 6.95. The average molecular weight is 407 g/mol. The van der Waals surface area contributed by atoms with Gasteiger partial charge in [0.15, 0.2) is 0 Å². The number of nitrogens with zero attached hydrogens (tertiary/aromatic N) is 2. The van der Waals surface area contributed by atoms with Gasteiger partial charge in [-0.15, -0.1) is 0 Å². The molecular formula is C26H21N3O2. The maximum absolute atomic E-state index is 12.6. The molecule has 0 saturated heterocycles. The fourth-order valence-corrected chi connectivity index (χ4v) is 3.01. The van der Waals surface area contributed by atoms with Crippen LogP contribution in [0.1, 0.15) is 35.2 Å². The minimum absolute atomic E-state index is 0.0154. The Labute approximate surface area is 181 Å². The topological polar surface area (TPSA) is 85.9 Å². The standard InChI is InChI=1S/C26H21N3O2/c1-19(23-10-3-2-4-11-23)29-26(30)24(17-28)14-20-7-6-12-25(15-20)31-18-22-9-5-8-21(13-22)16-27/h2-15,19H,18H2,1H3,(H,29,30)/b24-14+. The monoisotopic (exact) mass is 407 g/mol. The van der Waals surface area contributed by atoms with Crippen LogP contribution in [0, 0.1) is 22.7 Å². The second-order valence-electron chi connectivity index (χ2n) is 6.95. The van der Waals surface area contributed by atoms with Crippen molar-refractivity contribution < 1.29 is 9.53 Å². The molecule has 0 aliphatic heterocycles. The number of carbonyl (C=O) groups is 1. The Morgan fingerprint density at radius 2 is 1.81 bits per heavy atom. The summed E-state index contributed by atoms with van der Waals surface area (Å²) in [5.74, 6) is 0.171. The summed E-state index contributed by atoms with van der Waals surface area (Å²) in [4.78, 5) is 12.6. The fraction of sp³-hybridized carbons (Fsp3) is 0.115. The van der Waals surface area contributed by atoms with E-state index in [1.165, 1.54) is 6.08 Å². The summed E-state index contributed by atoms with van der Waals surface area (Å²) in [7, 11) is 0. The van der Waals surface area contributed by atoms with Gasteiger partial charge in [0.2, 0.25) is 0 Å². The van der Waals surface area contributed by atoms with Crippen LogP contribution in [0.2, 0.25) is 0 Å². The molecular weight excluding hydrogens is 386 g/mol. The van der Waals surface area contributed by atoms with Gasteiger partial charge in [-0.05, 0) is 54.0 Å². The number of ether oxygens (including phenoxy) is 1. The van der Waals surface area contributed by atoms with Crippen molar-refractivity contribution in [2.75, 3.05) is 0 Å². The number of hydrogen-bond donors (Lipinski definition) is 1. The van der Waals surface area contributed by atoms with Crippen LogP contribution < -0.4 is 10.1 Å². The van der Waals surface area contributed by atoms with Gasteiger partial charge in [0.05, 0.1) is 17.7 Å². The van der Waals surface area contributed by atoms with Gasteiger partial charge in [0.25, 0.3) is 5.91 Å². The van der Waals surface area contributed by atoms with Crippen molar-refractivity contribution in [1.82, 2.24) is 5.32 Å². The molecule has 1 atom stereocenters. The molecule has 1 N–H and O–H groups in total. The zero-order valence-corrected chi connectivity index (χ0v) is 17.1. The molecule has 3 aromatic carbocycles. The lowest BCUT2D eigenvalue weighted by Gasteiger charge is -2.13. The van der Waals surface area contributed by atoms with Gasteiger partial charge in [0.1, 0.15) is 24.0 Å². The van der Waals surface area contributed by atoms with Crippen LogP contribution in [-0.4, -0.2) is 5.91 Å². The molecule has 0 fully saturated rings. The third kappa shape index (κ3) is 6.06. The lowest BCUT2D eigenvalue weighted by atomic mass is 10.1. The molecule has 3 rings (SSSR count). The Kier molecular flexibility index (Phi) is 7.19. The van der Waals surface area contributed by atoms with E-state index in [0.717, 1.165) is 11.1 Å². The highest BCUT2D eigenvalue weighted by atomic mass is 16.5. The molecule has 0 aromatic heterocycles. The summed E-state index contributed by atoms with van der Waals surface area (Å²) in [6.45, 7) is 2.18. The predicted octanol–water partition coefficient (Wildman–Crippen LogP) is 4.92. The van der Waals surface area contributed by atoms with Crippen LogP contribution in [0.25, 0.3) is 6.08 Å². The quantitative estimate of drug-likeness (QED) is 0.445. The molecule has 31 heavy (non-hydrogen) atoms. The number of carbonyl (C=O) groups excluding carboxylic acids is 1. The van der Waals surface area contributed by atoms with Gasteiger partial charge < -0.3 is 10.1 Å². The fourth-order valence-electron chi connectivity index (χ4n) is 3.01. The van der Waals surface area contributed by atoms with Crippen molar-refractivity contribution in [2.45, 2.75) is 19.6 Å². The summed E-state index contributed by atoms with van der Waals surface area (Å²) >= 11 is 0. The van der Waals surface area contributed by atoms with Crippen LogP contribution in [0.5, 0.6) is 5.75 Å². The first-order chi connectivity index (χ1) is 15.1. The number of benzene rings is 3. The molecule has 0 bridgehead atoms. The van der Waals surface area contributed by atoms with Gasteiger partial charge in [-0.2, -0.15) is 10.5 Å². The molecule has 0 saturated carbocycles. The number of amides is 1.